The number of aryl methyl sites for hydroxylation is 1. The Hall–Kier alpha value is -2.30. The molecule has 0 aliphatic rings. The lowest BCUT2D eigenvalue weighted by Crippen LogP contribution is -2.16. The molecule has 5 heteroatoms. The molecule has 0 saturated heterocycles. The summed E-state index contributed by atoms with van der Waals surface area (Å²) in [5.41, 5.74) is 1.79. The van der Waals surface area contributed by atoms with Crippen molar-refractivity contribution in [3.63, 3.8) is 0 Å². The number of halogens is 2. The van der Waals surface area contributed by atoms with Crippen molar-refractivity contribution in [3.8, 4) is 0 Å². The van der Waals surface area contributed by atoms with E-state index in [1.165, 1.54) is 12.1 Å². The van der Waals surface area contributed by atoms with Crippen LogP contribution in [0, 0.1) is 6.92 Å². The van der Waals surface area contributed by atoms with E-state index in [4.69, 9.17) is 0 Å². The molecule has 0 spiro atoms. The third-order valence-corrected chi connectivity index (χ3v) is 2.99. The van der Waals surface area contributed by atoms with Gasteiger partial charge in [-0.15, -0.1) is 0 Å². The Balaban J connectivity index is 2.00. The number of aromatic nitrogens is 1. The van der Waals surface area contributed by atoms with Crippen molar-refractivity contribution in [1.82, 2.24) is 4.98 Å². The molecule has 0 unspecified atom stereocenters. The van der Waals surface area contributed by atoms with Crippen molar-refractivity contribution in [2.75, 3.05) is 5.32 Å². The summed E-state index contributed by atoms with van der Waals surface area (Å²) in [5.74, 6) is -2.90. The quantitative estimate of drug-likeness (QED) is 0.933. The Morgan fingerprint density at radius 3 is 2.62 bits per heavy atom. The average molecular weight is 290 g/mol. The minimum atomic E-state index is -2.93. The predicted molar refractivity (Wildman–Crippen MR) is 77.3 cm³/mol. The number of carbonyl (C=O) groups is 1. The number of amides is 1. The van der Waals surface area contributed by atoms with E-state index in [9.17, 15) is 13.6 Å². The van der Waals surface area contributed by atoms with Crippen LogP contribution in [0.3, 0.4) is 0 Å². The number of anilines is 1. The van der Waals surface area contributed by atoms with Gasteiger partial charge in [0.15, 0.2) is 0 Å². The molecule has 21 heavy (non-hydrogen) atoms. The minimum absolute atomic E-state index is 0.181. The molecule has 0 fully saturated rings. The zero-order valence-electron chi connectivity index (χ0n) is 11.9. The summed E-state index contributed by atoms with van der Waals surface area (Å²) in [6.45, 7) is 2.76. The maximum atomic E-state index is 13.0. The van der Waals surface area contributed by atoms with Crippen LogP contribution in [0.5, 0.6) is 0 Å². The first-order chi connectivity index (χ1) is 9.84. The number of rotatable bonds is 4. The molecule has 0 bridgehead atoms. The van der Waals surface area contributed by atoms with Crippen molar-refractivity contribution in [2.24, 2.45) is 0 Å². The maximum Gasteiger partial charge on any atom is 0.272 e. The fraction of sp³-hybridized carbons (Fsp3) is 0.250. The molecular formula is C16H16F2N2O. The smallest absolute Gasteiger partial charge is 0.272 e. The van der Waals surface area contributed by atoms with Gasteiger partial charge in [0, 0.05) is 18.7 Å². The molecule has 2 rings (SSSR count). The first kappa shape index (κ1) is 15.1. The Bertz CT molecular complexity index is 633. The topological polar surface area (TPSA) is 42.0 Å². The second-order valence-corrected chi connectivity index (χ2v) is 5.03. The molecule has 0 aliphatic heterocycles. The third kappa shape index (κ3) is 4.34. The average Bonchev–Trinajstić information content (AvgIpc) is 2.38. The largest absolute Gasteiger partial charge is 0.310 e. The highest BCUT2D eigenvalue weighted by Gasteiger charge is 2.24. The van der Waals surface area contributed by atoms with Crippen molar-refractivity contribution in [2.45, 2.75) is 26.2 Å². The van der Waals surface area contributed by atoms with E-state index < -0.39 is 5.92 Å². The Labute approximate surface area is 122 Å². The zero-order chi connectivity index (χ0) is 15.5. The van der Waals surface area contributed by atoms with Gasteiger partial charge in [-0.3, -0.25) is 4.79 Å². The molecule has 1 N–H and O–H groups in total. The van der Waals surface area contributed by atoms with Crippen LogP contribution < -0.4 is 5.32 Å². The van der Waals surface area contributed by atoms with Crippen molar-refractivity contribution < 1.29 is 13.6 Å². The van der Waals surface area contributed by atoms with E-state index in [0.717, 1.165) is 24.2 Å². The summed E-state index contributed by atoms with van der Waals surface area (Å²) in [7, 11) is 0. The Kier molecular flexibility index (Phi) is 4.31. The molecule has 0 aliphatic carbocycles. The molecule has 0 radical (unpaired) electrons. The highest BCUT2D eigenvalue weighted by atomic mass is 19.3. The van der Waals surface area contributed by atoms with Crippen LogP contribution in [-0.2, 0) is 17.1 Å². The molecule has 110 valence electrons. The lowest BCUT2D eigenvalue weighted by atomic mass is 10.1. The van der Waals surface area contributed by atoms with E-state index >= 15 is 0 Å². The van der Waals surface area contributed by atoms with Crippen LogP contribution in [0.4, 0.5) is 14.6 Å². The van der Waals surface area contributed by atoms with Gasteiger partial charge < -0.3 is 5.32 Å². The molecule has 1 aromatic heterocycles. The number of nitrogens with zero attached hydrogens (tertiary/aromatic N) is 1. The molecule has 2 aromatic rings. The van der Waals surface area contributed by atoms with E-state index in [0.29, 0.717) is 0 Å². The van der Waals surface area contributed by atoms with Gasteiger partial charge in [0.05, 0.1) is 6.42 Å². The molecule has 1 heterocycles. The molecule has 1 aromatic carbocycles. The highest BCUT2D eigenvalue weighted by Crippen LogP contribution is 2.26. The van der Waals surface area contributed by atoms with E-state index in [2.05, 4.69) is 10.3 Å². The van der Waals surface area contributed by atoms with Gasteiger partial charge in [0.1, 0.15) is 5.82 Å². The standard InChI is InChI=1S/C16H16F2N2O/c1-11-4-3-5-12(8-11)9-15(21)20-14-7-6-13(10-19-14)16(2,17)18/h3-8,10H,9H2,1-2H3,(H,19,20,21). The zero-order valence-corrected chi connectivity index (χ0v) is 11.9. The Morgan fingerprint density at radius 2 is 2.05 bits per heavy atom. The van der Waals surface area contributed by atoms with Crippen molar-refractivity contribution >= 4 is 11.7 Å². The van der Waals surface area contributed by atoms with Gasteiger partial charge in [-0.25, -0.2) is 13.8 Å². The second-order valence-electron chi connectivity index (χ2n) is 5.03. The summed E-state index contributed by atoms with van der Waals surface area (Å²) >= 11 is 0. The van der Waals surface area contributed by atoms with Gasteiger partial charge in [0.2, 0.25) is 5.91 Å². The number of alkyl halides is 2. The maximum absolute atomic E-state index is 13.0. The SMILES string of the molecule is Cc1cccc(CC(=O)Nc2ccc(C(C)(F)F)cn2)c1. The Morgan fingerprint density at radius 1 is 1.29 bits per heavy atom. The number of carbonyl (C=O) groups excluding carboxylic acids is 1. The van der Waals surface area contributed by atoms with Crippen LogP contribution in [0.2, 0.25) is 0 Å². The number of pyridine rings is 1. The van der Waals surface area contributed by atoms with Crippen LogP contribution in [0.25, 0.3) is 0 Å². The first-order valence-corrected chi connectivity index (χ1v) is 6.54. The van der Waals surface area contributed by atoms with Crippen molar-refractivity contribution in [1.29, 1.82) is 0 Å². The molecule has 0 atom stereocenters. The van der Waals surface area contributed by atoms with Crippen LogP contribution >= 0.6 is 0 Å². The summed E-state index contributed by atoms with van der Waals surface area (Å²) in [6.07, 6.45) is 1.29. The van der Waals surface area contributed by atoms with Crippen LogP contribution in [0.1, 0.15) is 23.6 Å². The summed E-state index contributed by atoms with van der Waals surface area (Å²) in [6, 6.07) is 10.3. The highest BCUT2D eigenvalue weighted by molar-refractivity contribution is 5.91. The van der Waals surface area contributed by atoms with Gasteiger partial charge in [0.25, 0.3) is 5.92 Å². The van der Waals surface area contributed by atoms with E-state index in [-0.39, 0.29) is 23.7 Å². The second kappa shape index (κ2) is 5.99. The molecule has 1 amide bonds. The number of benzene rings is 1. The molecule has 0 saturated carbocycles. The summed E-state index contributed by atoms with van der Waals surface area (Å²) in [5, 5.41) is 2.59. The van der Waals surface area contributed by atoms with Crippen LogP contribution in [0.15, 0.2) is 42.6 Å². The minimum Gasteiger partial charge on any atom is -0.310 e. The van der Waals surface area contributed by atoms with Gasteiger partial charge in [-0.1, -0.05) is 29.8 Å². The summed E-state index contributed by atoms with van der Waals surface area (Å²) in [4.78, 5) is 15.7. The number of hydrogen-bond donors (Lipinski definition) is 1. The molecule has 3 nitrogen and oxygen atoms in total. The lowest BCUT2D eigenvalue weighted by molar-refractivity contribution is -0.115. The lowest BCUT2D eigenvalue weighted by Gasteiger charge is -2.10. The van der Waals surface area contributed by atoms with Crippen molar-refractivity contribution in [3.05, 3.63) is 59.3 Å². The normalized spacial score (nSPS) is 11.2. The van der Waals surface area contributed by atoms with Gasteiger partial charge in [-0.05, 0) is 24.6 Å². The van der Waals surface area contributed by atoms with E-state index in [1.54, 1.807) is 0 Å². The third-order valence-electron chi connectivity index (χ3n) is 2.99. The molecular weight excluding hydrogens is 274 g/mol. The fourth-order valence-corrected chi connectivity index (χ4v) is 1.92. The fourth-order valence-electron chi connectivity index (χ4n) is 1.92. The predicted octanol–water partition coefficient (Wildman–Crippen LogP) is 3.68. The van der Waals surface area contributed by atoms with Gasteiger partial charge >= 0.3 is 0 Å². The van der Waals surface area contributed by atoms with Gasteiger partial charge in [-0.2, -0.15) is 0 Å². The van der Waals surface area contributed by atoms with E-state index in [1.807, 2.05) is 31.2 Å². The monoisotopic (exact) mass is 290 g/mol. The first-order valence-electron chi connectivity index (χ1n) is 6.54. The number of hydrogen-bond acceptors (Lipinski definition) is 2. The van der Waals surface area contributed by atoms with Crippen LogP contribution in [-0.4, -0.2) is 10.9 Å². The summed E-state index contributed by atoms with van der Waals surface area (Å²) < 4.78 is 26.1. The number of nitrogens with one attached hydrogen (secondary N) is 1.